The van der Waals surface area contributed by atoms with Gasteiger partial charge in [0.2, 0.25) is 0 Å². The Kier molecular flexibility index (Phi) is 5.56. The summed E-state index contributed by atoms with van der Waals surface area (Å²) < 4.78 is 5.44. The lowest BCUT2D eigenvalue weighted by Crippen LogP contribution is -2.32. The van der Waals surface area contributed by atoms with E-state index in [-0.39, 0.29) is 11.8 Å². The topological polar surface area (TPSA) is 58.6 Å². The molecule has 0 unspecified atom stereocenters. The molecule has 2 amide bonds. The molecule has 136 valence electrons. The first-order valence-electron chi connectivity index (χ1n) is 8.97. The van der Waals surface area contributed by atoms with E-state index in [1.54, 1.807) is 19.2 Å². The predicted molar refractivity (Wildman–Crippen MR) is 100 cm³/mol. The van der Waals surface area contributed by atoms with Crippen molar-refractivity contribution >= 4 is 11.8 Å². The van der Waals surface area contributed by atoms with Gasteiger partial charge in [0.05, 0.1) is 6.61 Å². The van der Waals surface area contributed by atoms with Gasteiger partial charge in [-0.2, -0.15) is 0 Å². The van der Waals surface area contributed by atoms with E-state index >= 15 is 0 Å². The van der Waals surface area contributed by atoms with Crippen molar-refractivity contribution in [2.24, 2.45) is 0 Å². The van der Waals surface area contributed by atoms with Crippen molar-refractivity contribution in [3.05, 3.63) is 65.2 Å². The Bertz CT molecular complexity index is 765. The summed E-state index contributed by atoms with van der Waals surface area (Å²) in [6.07, 6.45) is 2.08. The van der Waals surface area contributed by atoms with Crippen molar-refractivity contribution in [2.75, 3.05) is 13.7 Å². The van der Waals surface area contributed by atoms with Crippen molar-refractivity contribution in [2.45, 2.75) is 32.4 Å². The summed E-state index contributed by atoms with van der Waals surface area (Å²) >= 11 is 0. The molecule has 2 aromatic carbocycles. The van der Waals surface area contributed by atoms with Crippen LogP contribution in [-0.2, 0) is 6.54 Å². The standard InChI is InChI=1S/C21H24N2O3/c1-3-26-19-12-8-17(9-13-19)21(25)23(18-10-11-18)14-15-4-6-16(7-5-15)20(24)22-2/h4-9,12-13,18H,3,10-11,14H2,1-2H3,(H,22,24). The van der Waals surface area contributed by atoms with Crippen molar-refractivity contribution in [1.29, 1.82) is 0 Å². The van der Waals surface area contributed by atoms with E-state index < -0.39 is 0 Å². The Balaban J connectivity index is 1.72. The molecule has 5 nitrogen and oxygen atoms in total. The van der Waals surface area contributed by atoms with Crippen LogP contribution in [0.4, 0.5) is 0 Å². The number of carbonyl (C=O) groups is 2. The molecule has 1 N–H and O–H groups in total. The first-order valence-corrected chi connectivity index (χ1v) is 8.97. The van der Waals surface area contributed by atoms with Crippen LogP contribution < -0.4 is 10.1 Å². The molecule has 1 aliphatic carbocycles. The Morgan fingerprint density at radius 3 is 2.19 bits per heavy atom. The molecular weight excluding hydrogens is 328 g/mol. The molecule has 0 heterocycles. The predicted octanol–water partition coefficient (Wildman–Crippen LogP) is 3.25. The SMILES string of the molecule is CCOc1ccc(C(=O)N(Cc2ccc(C(=O)NC)cc2)C2CC2)cc1. The van der Waals surface area contributed by atoms with Gasteiger partial charge in [0.25, 0.3) is 11.8 Å². The minimum absolute atomic E-state index is 0.0333. The Morgan fingerprint density at radius 1 is 1.04 bits per heavy atom. The first-order chi connectivity index (χ1) is 12.6. The fourth-order valence-electron chi connectivity index (χ4n) is 2.88. The van der Waals surface area contributed by atoms with Crippen molar-refractivity contribution in [3.63, 3.8) is 0 Å². The minimum Gasteiger partial charge on any atom is -0.494 e. The Hall–Kier alpha value is -2.82. The molecule has 5 heteroatoms. The fraction of sp³-hybridized carbons (Fsp3) is 0.333. The molecule has 0 saturated heterocycles. The fourth-order valence-corrected chi connectivity index (χ4v) is 2.88. The molecule has 26 heavy (non-hydrogen) atoms. The van der Waals surface area contributed by atoms with E-state index in [1.807, 2.05) is 48.2 Å². The lowest BCUT2D eigenvalue weighted by Gasteiger charge is -2.23. The van der Waals surface area contributed by atoms with E-state index in [0.717, 1.165) is 24.2 Å². The molecule has 0 aromatic heterocycles. The largest absolute Gasteiger partial charge is 0.494 e. The highest BCUT2D eigenvalue weighted by Gasteiger charge is 2.33. The van der Waals surface area contributed by atoms with Crippen LogP contribution in [0.3, 0.4) is 0 Å². The third-order valence-corrected chi connectivity index (χ3v) is 4.46. The van der Waals surface area contributed by atoms with Gasteiger partial charge in [0, 0.05) is 30.8 Å². The number of nitrogens with zero attached hydrogens (tertiary/aromatic N) is 1. The maximum atomic E-state index is 12.9. The van der Waals surface area contributed by atoms with Crippen LogP contribution >= 0.6 is 0 Å². The van der Waals surface area contributed by atoms with Crippen LogP contribution in [0.1, 0.15) is 46.0 Å². The molecule has 1 fully saturated rings. The molecule has 0 atom stereocenters. The number of ether oxygens (including phenoxy) is 1. The van der Waals surface area contributed by atoms with Gasteiger partial charge < -0.3 is 15.0 Å². The first kappa shape index (κ1) is 18.0. The van der Waals surface area contributed by atoms with E-state index in [2.05, 4.69) is 5.32 Å². The molecule has 0 aliphatic heterocycles. The minimum atomic E-state index is -0.110. The smallest absolute Gasteiger partial charge is 0.254 e. The van der Waals surface area contributed by atoms with Crippen LogP contribution in [0.5, 0.6) is 5.75 Å². The summed E-state index contributed by atoms with van der Waals surface area (Å²) in [6.45, 7) is 3.08. The van der Waals surface area contributed by atoms with E-state index in [9.17, 15) is 9.59 Å². The second-order valence-corrected chi connectivity index (χ2v) is 6.40. The van der Waals surface area contributed by atoms with Crippen LogP contribution in [0, 0.1) is 0 Å². The number of rotatable bonds is 7. The summed E-state index contributed by atoms with van der Waals surface area (Å²) in [5.74, 6) is 0.693. The Morgan fingerprint density at radius 2 is 1.65 bits per heavy atom. The molecule has 0 spiro atoms. The maximum Gasteiger partial charge on any atom is 0.254 e. The van der Waals surface area contributed by atoms with Gasteiger partial charge in [-0.05, 0) is 61.7 Å². The highest BCUT2D eigenvalue weighted by molar-refractivity contribution is 5.95. The van der Waals surface area contributed by atoms with Gasteiger partial charge in [0.15, 0.2) is 0 Å². The zero-order valence-corrected chi connectivity index (χ0v) is 15.2. The summed E-state index contributed by atoms with van der Waals surface area (Å²) in [6, 6.07) is 15.0. The Labute approximate surface area is 154 Å². The lowest BCUT2D eigenvalue weighted by molar-refractivity contribution is 0.0729. The summed E-state index contributed by atoms with van der Waals surface area (Å²) in [5.41, 5.74) is 2.30. The van der Waals surface area contributed by atoms with Gasteiger partial charge >= 0.3 is 0 Å². The zero-order chi connectivity index (χ0) is 18.5. The van der Waals surface area contributed by atoms with Crippen molar-refractivity contribution < 1.29 is 14.3 Å². The van der Waals surface area contributed by atoms with Crippen LogP contribution in [-0.4, -0.2) is 36.4 Å². The average Bonchev–Trinajstić information content (AvgIpc) is 3.51. The maximum absolute atomic E-state index is 12.9. The third kappa shape index (κ3) is 4.23. The number of hydrogen-bond donors (Lipinski definition) is 1. The number of hydrogen-bond acceptors (Lipinski definition) is 3. The van der Waals surface area contributed by atoms with E-state index in [0.29, 0.717) is 30.3 Å². The summed E-state index contributed by atoms with van der Waals surface area (Å²) in [5, 5.41) is 2.61. The highest BCUT2D eigenvalue weighted by Crippen LogP contribution is 2.30. The van der Waals surface area contributed by atoms with Gasteiger partial charge in [-0.15, -0.1) is 0 Å². The van der Waals surface area contributed by atoms with Gasteiger partial charge in [-0.3, -0.25) is 9.59 Å². The second kappa shape index (κ2) is 8.04. The number of nitrogens with one attached hydrogen (secondary N) is 1. The van der Waals surface area contributed by atoms with Crippen molar-refractivity contribution in [3.8, 4) is 5.75 Å². The average molecular weight is 352 g/mol. The van der Waals surface area contributed by atoms with Crippen LogP contribution in [0.2, 0.25) is 0 Å². The molecule has 1 saturated carbocycles. The van der Waals surface area contributed by atoms with Crippen LogP contribution in [0.25, 0.3) is 0 Å². The molecule has 2 aromatic rings. The zero-order valence-electron chi connectivity index (χ0n) is 15.2. The molecular formula is C21H24N2O3. The number of amides is 2. The highest BCUT2D eigenvalue weighted by atomic mass is 16.5. The van der Waals surface area contributed by atoms with Gasteiger partial charge in [-0.1, -0.05) is 12.1 Å². The third-order valence-electron chi connectivity index (χ3n) is 4.46. The van der Waals surface area contributed by atoms with E-state index in [1.165, 1.54) is 0 Å². The number of carbonyl (C=O) groups excluding carboxylic acids is 2. The molecule has 0 radical (unpaired) electrons. The molecule has 1 aliphatic rings. The van der Waals surface area contributed by atoms with Gasteiger partial charge in [-0.25, -0.2) is 0 Å². The van der Waals surface area contributed by atoms with E-state index in [4.69, 9.17) is 4.74 Å². The van der Waals surface area contributed by atoms with Crippen LogP contribution in [0.15, 0.2) is 48.5 Å². The number of benzene rings is 2. The second-order valence-electron chi connectivity index (χ2n) is 6.40. The van der Waals surface area contributed by atoms with Crippen molar-refractivity contribution in [1.82, 2.24) is 10.2 Å². The summed E-state index contributed by atoms with van der Waals surface area (Å²) in [7, 11) is 1.61. The molecule has 0 bridgehead atoms. The normalized spacial score (nSPS) is 13.2. The lowest BCUT2D eigenvalue weighted by atomic mass is 10.1. The summed E-state index contributed by atoms with van der Waals surface area (Å²) in [4.78, 5) is 26.5. The molecule has 3 rings (SSSR count). The van der Waals surface area contributed by atoms with Gasteiger partial charge in [0.1, 0.15) is 5.75 Å². The monoisotopic (exact) mass is 352 g/mol. The quantitative estimate of drug-likeness (QED) is 0.832.